The number of nitrogens with zero attached hydrogens (tertiary/aromatic N) is 7. The molecule has 160 valence electrons. The highest BCUT2D eigenvalue weighted by molar-refractivity contribution is 5.94. The average Bonchev–Trinajstić information content (AvgIpc) is 3.53. The van der Waals surface area contributed by atoms with Gasteiger partial charge in [0, 0.05) is 17.5 Å². The van der Waals surface area contributed by atoms with E-state index in [1.165, 1.54) is 0 Å². The fourth-order valence-corrected chi connectivity index (χ4v) is 4.12. The van der Waals surface area contributed by atoms with E-state index in [-0.39, 0.29) is 0 Å². The molecule has 0 bridgehead atoms. The number of aromatic nitrogens is 7. The van der Waals surface area contributed by atoms with Crippen LogP contribution in [0.1, 0.15) is 22.9 Å². The van der Waals surface area contributed by atoms with E-state index >= 15 is 0 Å². The quantitative estimate of drug-likeness (QED) is 0.446. The molecule has 0 saturated heterocycles. The minimum Gasteiger partial charge on any atom is -0.382 e. The summed E-state index contributed by atoms with van der Waals surface area (Å²) in [6.07, 6.45) is 2.60. The Kier molecular flexibility index (Phi) is 4.63. The van der Waals surface area contributed by atoms with E-state index in [4.69, 9.17) is 4.98 Å². The number of tetrazole rings is 1. The molecule has 3 aromatic carbocycles. The van der Waals surface area contributed by atoms with Gasteiger partial charge in [-0.25, -0.2) is 9.97 Å². The molecule has 0 aliphatic carbocycles. The second-order valence-corrected chi connectivity index (χ2v) is 7.83. The van der Waals surface area contributed by atoms with Crippen molar-refractivity contribution in [3.8, 4) is 11.3 Å². The summed E-state index contributed by atoms with van der Waals surface area (Å²) in [5.41, 5.74) is 5.13. The number of fused-ring (bicyclic) bond motifs is 3. The first-order valence-electron chi connectivity index (χ1n) is 10.6. The lowest BCUT2D eigenvalue weighted by atomic mass is 10.0. The van der Waals surface area contributed by atoms with Crippen molar-refractivity contribution in [1.82, 2.24) is 34.6 Å². The monoisotopic (exact) mass is 433 g/mol. The summed E-state index contributed by atoms with van der Waals surface area (Å²) in [6, 6.07) is 25.8. The van der Waals surface area contributed by atoms with Crippen LogP contribution in [-0.2, 0) is 6.54 Å². The van der Waals surface area contributed by atoms with Crippen LogP contribution < -0.4 is 0 Å². The molecular weight excluding hydrogens is 414 g/mol. The van der Waals surface area contributed by atoms with Crippen molar-refractivity contribution in [2.45, 2.75) is 12.6 Å². The van der Waals surface area contributed by atoms with Crippen LogP contribution in [0.25, 0.3) is 27.9 Å². The Bertz CT molecular complexity index is 1560. The summed E-state index contributed by atoms with van der Waals surface area (Å²) in [6.45, 7) is 0.628. The van der Waals surface area contributed by atoms with E-state index in [1.807, 2.05) is 71.3 Å². The second kappa shape index (κ2) is 7.92. The highest BCUT2D eigenvalue weighted by Crippen LogP contribution is 2.31. The third-order valence-corrected chi connectivity index (χ3v) is 5.75. The fraction of sp³-hybridized carbons (Fsp3) is 0.0800. The zero-order chi connectivity index (χ0) is 22.2. The third kappa shape index (κ3) is 3.42. The Hall–Kier alpha value is -4.43. The van der Waals surface area contributed by atoms with Crippen LogP contribution >= 0.6 is 0 Å². The van der Waals surface area contributed by atoms with E-state index in [0.29, 0.717) is 12.3 Å². The first kappa shape index (κ1) is 19.3. The molecule has 3 heterocycles. The van der Waals surface area contributed by atoms with Gasteiger partial charge in [-0.1, -0.05) is 71.8 Å². The van der Waals surface area contributed by atoms with Gasteiger partial charge in [-0.05, 0) is 33.7 Å². The number of hydrogen-bond acceptors (Lipinski definition) is 6. The summed E-state index contributed by atoms with van der Waals surface area (Å²) in [5.74, 6) is 0.426. The van der Waals surface area contributed by atoms with Gasteiger partial charge in [0.15, 0.2) is 0 Å². The molecule has 1 unspecified atom stereocenters. The van der Waals surface area contributed by atoms with Gasteiger partial charge in [-0.15, -0.1) is 0 Å². The van der Waals surface area contributed by atoms with Crippen molar-refractivity contribution in [3.63, 3.8) is 0 Å². The molecular formula is C25H19N7O. The van der Waals surface area contributed by atoms with E-state index in [2.05, 4.69) is 32.6 Å². The van der Waals surface area contributed by atoms with Gasteiger partial charge in [-0.3, -0.25) is 0 Å². The largest absolute Gasteiger partial charge is 0.382 e. The molecule has 6 aromatic rings. The molecule has 0 fully saturated rings. The van der Waals surface area contributed by atoms with Crippen molar-refractivity contribution >= 4 is 16.7 Å². The molecule has 8 nitrogen and oxygen atoms in total. The standard InChI is InChI=1S/C25H19N7O/c33-24(22-14-26-16-31(22)15-17-7-3-1-4-8-17)19-11-12-21-20(13-19)23(18-9-5-2-6-10-18)27-25-28-29-30-32(21)25/h1-14,16,24,33H,15H2. The van der Waals surface area contributed by atoms with Crippen molar-refractivity contribution < 1.29 is 5.11 Å². The SMILES string of the molecule is OC(c1ccc2c(c1)c(-c1ccccc1)nc1nnnn12)c1cncn1Cc1ccccc1. The minimum absolute atomic E-state index is 0.426. The maximum absolute atomic E-state index is 11.3. The molecule has 0 spiro atoms. The summed E-state index contributed by atoms with van der Waals surface area (Å²) >= 11 is 0. The molecule has 0 amide bonds. The molecule has 0 aliphatic rings. The van der Waals surface area contributed by atoms with Crippen LogP contribution in [0.2, 0.25) is 0 Å². The van der Waals surface area contributed by atoms with E-state index < -0.39 is 6.10 Å². The zero-order valence-electron chi connectivity index (χ0n) is 17.5. The summed E-state index contributed by atoms with van der Waals surface area (Å²) in [5, 5.41) is 24.1. The summed E-state index contributed by atoms with van der Waals surface area (Å²) < 4.78 is 3.57. The van der Waals surface area contributed by atoms with Crippen LogP contribution in [-0.4, -0.2) is 39.7 Å². The van der Waals surface area contributed by atoms with Crippen molar-refractivity contribution in [1.29, 1.82) is 0 Å². The van der Waals surface area contributed by atoms with Crippen LogP contribution in [0.15, 0.2) is 91.4 Å². The molecule has 6 rings (SSSR count). The average molecular weight is 433 g/mol. The molecule has 1 atom stereocenters. The molecule has 33 heavy (non-hydrogen) atoms. The molecule has 0 radical (unpaired) electrons. The lowest BCUT2D eigenvalue weighted by molar-refractivity contribution is 0.210. The van der Waals surface area contributed by atoms with Crippen LogP contribution in [0, 0.1) is 0 Å². The first-order valence-corrected chi connectivity index (χ1v) is 10.6. The van der Waals surface area contributed by atoms with E-state index in [1.54, 1.807) is 17.0 Å². The molecule has 1 N–H and O–H groups in total. The lowest BCUT2D eigenvalue weighted by Gasteiger charge is -2.16. The molecule has 3 aromatic heterocycles. The number of aliphatic hydroxyl groups excluding tert-OH is 1. The summed E-state index contributed by atoms with van der Waals surface area (Å²) in [4.78, 5) is 8.98. The third-order valence-electron chi connectivity index (χ3n) is 5.75. The topological polar surface area (TPSA) is 94.0 Å². The lowest BCUT2D eigenvalue weighted by Crippen LogP contribution is -2.09. The smallest absolute Gasteiger partial charge is 0.274 e. The number of rotatable bonds is 5. The Morgan fingerprint density at radius 3 is 2.52 bits per heavy atom. The molecule has 8 heteroatoms. The number of benzene rings is 3. The van der Waals surface area contributed by atoms with Gasteiger partial charge in [0.1, 0.15) is 6.10 Å². The van der Waals surface area contributed by atoms with E-state index in [9.17, 15) is 5.11 Å². The Morgan fingerprint density at radius 2 is 1.70 bits per heavy atom. The van der Waals surface area contributed by atoms with Crippen molar-refractivity contribution in [2.75, 3.05) is 0 Å². The normalized spacial score (nSPS) is 12.4. The van der Waals surface area contributed by atoms with Crippen LogP contribution in [0.3, 0.4) is 0 Å². The van der Waals surface area contributed by atoms with Gasteiger partial charge in [0.2, 0.25) is 0 Å². The van der Waals surface area contributed by atoms with Crippen LogP contribution in [0.4, 0.5) is 0 Å². The maximum atomic E-state index is 11.3. The Labute approximate surface area is 188 Å². The van der Waals surface area contributed by atoms with Crippen molar-refractivity contribution in [2.24, 2.45) is 0 Å². The molecule has 0 aliphatic heterocycles. The van der Waals surface area contributed by atoms with Gasteiger partial charge < -0.3 is 9.67 Å². The highest BCUT2D eigenvalue weighted by Gasteiger charge is 2.19. The van der Waals surface area contributed by atoms with Gasteiger partial charge in [0.25, 0.3) is 5.78 Å². The minimum atomic E-state index is -0.853. The Balaban J connectivity index is 1.47. The highest BCUT2D eigenvalue weighted by atomic mass is 16.3. The molecule has 0 saturated carbocycles. The van der Waals surface area contributed by atoms with Crippen LogP contribution in [0.5, 0.6) is 0 Å². The number of aliphatic hydroxyl groups is 1. The van der Waals surface area contributed by atoms with Gasteiger partial charge in [-0.2, -0.15) is 4.52 Å². The Morgan fingerprint density at radius 1 is 0.909 bits per heavy atom. The predicted molar refractivity (Wildman–Crippen MR) is 123 cm³/mol. The number of hydrogen-bond donors (Lipinski definition) is 1. The number of imidazole rings is 1. The van der Waals surface area contributed by atoms with Crippen molar-refractivity contribution in [3.05, 3.63) is 108 Å². The first-order chi connectivity index (χ1) is 16.3. The summed E-state index contributed by atoms with van der Waals surface area (Å²) in [7, 11) is 0. The van der Waals surface area contributed by atoms with Gasteiger partial charge >= 0.3 is 0 Å². The fourth-order valence-electron chi connectivity index (χ4n) is 4.12. The maximum Gasteiger partial charge on any atom is 0.274 e. The zero-order valence-corrected chi connectivity index (χ0v) is 17.5. The predicted octanol–water partition coefficient (Wildman–Crippen LogP) is 3.67. The second-order valence-electron chi connectivity index (χ2n) is 7.83. The van der Waals surface area contributed by atoms with E-state index in [0.717, 1.165) is 39.0 Å². The van der Waals surface area contributed by atoms with Gasteiger partial charge in [0.05, 0.1) is 29.4 Å².